The summed E-state index contributed by atoms with van der Waals surface area (Å²) in [7, 11) is -4.45. The zero-order valence-electron chi connectivity index (χ0n) is 22.7. The van der Waals surface area contributed by atoms with Crippen molar-refractivity contribution >= 4 is 20.9 Å². The van der Waals surface area contributed by atoms with Crippen molar-refractivity contribution in [3.05, 3.63) is 41.5 Å². The second kappa shape index (κ2) is 18.8. The molecule has 0 aromatic heterocycles. The number of hydrogen-bond acceptors (Lipinski definition) is 3. The number of rotatable bonds is 19. The van der Waals surface area contributed by atoms with Crippen molar-refractivity contribution in [3.8, 4) is 0 Å². The molecule has 0 saturated heterocycles. The molecule has 0 amide bonds. The molecule has 3 nitrogen and oxygen atoms in total. The first kappa shape index (κ1) is 32.6. The van der Waals surface area contributed by atoms with Gasteiger partial charge in [-0.1, -0.05) is 122 Å². The summed E-state index contributed by atoms with van der Waals surface area (Å²) in [6.07, 6.45) is 22.4. The first-order valence-electron chi connectivity index (χ1n) is 14.0. The van der Waals surface area contributed by atoms with Gasteiger partial charge in [0.1, 0.15) is 10.1 Å². The van der Waals surface area contributed by atoms with Crippen LogP contribution in [0.4, 0.5) is 0 Å². The molecule has 0 N–H and O–H groups in total. The predicted molar refractivity (Wildman–Crippen MR) is 145 cm³/mol. The number of fused-ring (bicyclic) bond motifs is 1. The number of hydrogen-bond donors (Lipinski definition) is 0. The van der Waals surface area contributed by atoms with Crippen LogP contribution in [0.3, 0.4) is 0 Å². The monoisotopic (exact) mass is 510 g/mol. The van der Waals surface area contributed by atoms with Crippen molar-refractivity contribution < 1.29 is 42.5 Å². The molecule has 0 aliphatic carbocycles. The Morgan fingerprint density at radius 3 is 1.40 bits per heavy atom. The summed E-state index contributed by atoms with van der Waals surface area (Å²) < 4.78 is 35.0. The van der Waals surface area contributed by atoms with E-state index in [1.165, 1.54) is 107 Å². The predicted octanol–water partition coefficient (Wildman–Crippen LogP) is 6.11. The van der Waals surface area contributed by atoms with E-state index in [2.05, 4.69) is 26.0 Å². The van der Waals surface area contributed by atoms with Crippen LogP contribution in [0.15, 0.2) is 35.2 Å². The summed E-state index contributed by atoms with van der Waals surface area (Å²) >= 11 is 0. The van der Waals surface area contributed by atoms with Gasteiger partial charge in [-0.05, 0) is 59.7 Å². The van der Waals surface area contributed by atoms with Crippen LogP contribution in [0.25, 0.3) is 10.8 Å². The molecule has 2 aromatic rings. The van der Waals surface area contributed by atoms with Crippen LogP contribution >= 0.6 is 0 Å². The van der Waals surface area contributed by atoms with E-state index in [9.17, 15) is 13.0 Å². The largest absolute Gasteiger partial charge is 1.00 e. The molecular weight excluding hydrogens is 463 g/mol. The fourth-order valence-corrected chi connectivity index (χ4v) is 5.44. The van der Waals surface area contributed by atoms with Gasteiger partial charge < -0.3 is 4.55 Å². The maximum atomic E-state index is 11.7. The van der Waals surface area contributed by atoms with E-state index in [4.69, 9.17) is 0 Å². The molecular formula is C30H47NaO3S. The Kier molecular flexibility index (Phi) is 17.5. The standard InChI is InChI=1S/C30H48O3S.Na/c1-3-5-7-9-11-13-15-17-19-26-21-22-27(20-18-16-14-12-10-8-6-4-2)30-25-28(34(31,32)33)23-24-29(26)30;/h21-25H,3-20H2,1-2H3,(H,31,32,33);/q;+1/p-1. The third-order valence-electron chi connectivity index (χ3n) is 7.06. The van der Waals surface area contributed by atoms with E-state index >= 15 is 0 Å². The summed E-state index contributed by atoms with van der Waals surface area (Å²) in [6, 6.07) is 9.37. The Bertz CT molecular complexity index is 940. The molecule has 5 heteroatoms. The molecule has 0 radical (unpaired) electrons. The van der Waals surface area contributed by atoms with E-state index < -0.39 is 10.1 Å². The van der Waals surface area contributed by atoms with Crippen molar-refractivity contribution in [1.82, 2.24) is 0 Å². The Morgan fingerprint density at radius 1 is 0.571 bits per heavy atom. The molecule has 0 fully saturated rings. The third kappa shape index (κ3) is 12.6. The van der Waals surface area contributed by atoms with Crippen LogP contribution in [0.1, 0.15) is 128 Å². The average Bonchev–Trinajstić information content (AvgIpc) is 2.82. The summed E-state index contributed by atoms with van der Waals surface area (Å²) in [5.74, 6) is 0. The molecule has 192 valence electrons. The second-order valence-corrected chi connectivity index (χ2v) is 11.4. The maximum Gasteiger partial charge on any atom is 1.00 e. The molecule has 0 saturated carbocycles. The van der Waals surface area contributed by atoms with Gasteiger partial charge in [-0.25, -0.2) is 8.42 Å². The Hall–Kier alpha value is -0.390. The molecule has 2 aromatic carbocycles. The minimum Gasteiger partial charge on any atom is -0.744 e. The molecule has 0 spiro atoms. The average molecular weight is 511 g/mol. The summed E-state index contributed by atoms with van der Waals surface area (Å²) in [6.45, 7) is 4.50. The quantitative estimate of drug-likeness (QED) is 0.130. The second-order valence-electron chi connectivity index (χ2n) is 10.00. The van der Waals surface area contributed by atoms with Crippen LogP contribution in [0, 0.1) is 0 Å². The van der Waals surface area contributed by atoms with E-state index in [0.717, 1.165) is 36.5 Å². The van der Waals surface area contributed by atoms with Crippen molar-refractivity contribution in [3.63, 3.8) is 0 Å². The van der Waals surface area contributed by atoms with Gasteiger partial charge in [0.05, 0.1) is 4.90 Å². The van der Waals surface area contributed by atoms with E-state index in [1.54, 1.807) is 6.07 Å². The Morgan fingerprint density at radius 2 is 0.971 bits per heavy atom. The number of unbranched alkanes of at least 4 members (excludes halogenated alkanes) is 14. The third-order valence-corrected chi connectivity index (χ3v) is 7.89. The van der Waals surface area contributed by atoms with Gasteiger partial charge in [0.15, 0.2) is 0 Å². The van der Waals surface area contributed by atoms with Gasteiger partial charge >= 0.3 is 29.6 Å². The van der Waals surface area contributed by atoms with E-state index in [-0.39, 0.29) is 34.5 Å². The maximum absolute atomic E-state index is 11.7. The van der Waals surface area contributed by atoms with Crippen LogP contribution in [-0.4, -0.2) is 13.0 Å². The zero-order valence-corrected chi connectivity index (χ0v) is 25.6. The molecule has 0 bridgehead atoms. The van der Waals surface area contributed by atoms with Gasteiger partial charge in [0.25, 0.3) is 0 Å². The zero-order chi connectivity index (χ0) is 24.7. The normalized spacial score (nSPS) is 11.6. The van der Waals surface area contributed by atoms with Crippen LogP contribution < -0.4 is 29.6 Å². The van der Waals surface area contributed by atoms with Gasteiger partial charge in [0.2, 0.25) is 0 Å². The minimum atomic E-state index is -4.45. The first-order chi connectivity index (χ1) is 16.5. The first-order valence-corrected chi connectivity index (χ1v) is 15.4. The molecule has 0 aliphatic heterocycles. The fourth-order valence-electron chi connectivity index (χ4n) is 4.94. The Balaban J connectivity index is 0.00000612. The van der Waals surface area contributed by atoms with Crippen molar-refractivity contribution in [2.24, 2.45) is 0 Å². The van der Waals surface area contributed by atoms with Crippen LogP contribution in [0.2, 0.25) is 0 Å². The van der Waals surface area contributed by atoms with Crippen molar-refractivity contribution in [2.75, 3.05) is 0 Å². The van der Waals surface area contributed by atoms with Gasteiger partial charge in [-0.3, -0.25) is 0 Å². The van der Waals surface area contributed by atoms with Crippen LogP contribution in [-0.2, 0) is 23.0 Å². The number of aryl methyl sites for hydroxylation is 2. The fraction of sp³-hybridized carbons (Fsp3) is 0.667. The van der Waals surface area contributed by atoms with Crippen molar-refractivity contribution in [2.45, 2.75) is 134 Å². The van der Waals surface area contributed by atoms with Gasteiger partial charge in [-0.2, -0.15) is 0 Å². The Labute approximate surface area is 237 Å². The summed E-state index contributed by atoms with van der Waals surface area (Å²) in [4.78, 5) is -0.110. The molecule has 0 aliphatic rings. The van der Waals surface area contributed by atoms with Gasteiger partial charge in [-0.15, -0.1) is 0 Å². The molecule has 2 rings (SSSR count). The van der Waals surface area contributed by atoms with Crippen LogP contribution in [0.5, 0.6) is 0 Å². The molecule has 0 unspecified atom stereocenters. The SMILES string of the molecule is CCCCCCCCCCc1ccc(CCCCCCCCCC)c2cc(S(=O)(=O)[O-])ccc12.[Na+]. The summed E-state index contributed by atoms with van der Waals surface area (Å²) in [5.41, 5.74) is 2.45. The minimum absolute atomic E-state index is 0. The smallest absolute Gasteiger partial charge is 0.744 e. The summed E-state index contributed by atoms with van der Waals surface area (Å²) in [5, 5.41) is 2.07. The van der Waals surface area contributed by atoms with Crippen molar-refractivity contribution in [1.29, 1.82) is 0 Å². The molecule has 0 atom stereocenters. The molecule has 35 heavy (non-hydrogen) atoms. The number of benzene rings is 2. The molecule has 0 heterocycles. The topological polar surface area (TPSA) is 57.2 Å². The van der Waals surface area contributed by atoms with Gasteiger partial charge in [0, 0.05) is 0 Å². The van der Waals surface area contributed by atoms with E-state index in [1.807, 2.05) is 6.07 Å². The van der Waals surface area contributed by atoms with E-state index in [0.29, 0.717) is 0 Å².